The van der Waals surface area contributed by atoms with Crippen LogP contribution in [0.25, 0.3) is 0 Å². The first-order valence-electron chi connectivity index (χ1n) is 13.0. The third kappa shape index (κ3) is 8.06. The molecule has 0 saturated heterocycles. The van der Waals surface area contributed by atoms with Crippen LogP contribution in [-0.2, 0) is 20.8 Å². The molecule has 1 aliphatic rings. The van der Waals surface area contributed by atoms with Crippen molar-refractivity contribution in [3.8, 4) is 5.75 Å². The highest BCUT2D eigenvalue weighted by molar-refractivity contribution is 6.00. The lowest BCUT2D eigenvalue weighted by atomic mass is 10.00. The number of carbonyl (C=O) groups excluding carboxylic acids is 4. The van der Waals surface area contributed by atoms with Gasteiger partial charge in [-0.3, -0.25) is 19.2 Å². The van der Waals surface area contributed by atoms with E-state index in [1.165, 1.54) is 0 Å². The van der Waals surface area contributed by atoms with Gasteiger partial charge in [-0.05, 0) is 50.3 Å². The number of para-hydroxylation sites is 1. The second kappa shape index (κ2) is 13.1. The lowest BCUT2D eigenvalue weighted by Crippen LogP contribution is -2.58. The van der Waals surface area contributed by atoms with Crippen LogP contribution in [0.2, 0.25) is 0 Å². The van der Waals surface area contributed by atoms with Crippen molar-refractivity contribution in [3.05, 3.63) is 65.7 Å². The van der Waals surface area contributed by atoms with Gasteiger partial charge in [0.15, 0.2) is 0 Å². The zero-order chi connectivity index (χ0) is 27.7. The number of amides is 4. The first kappa shape index (κ1) is 28.7. The van der Waals surface area contributed by atoms with E-state index in [4.69, 9.17) is 4.74 Å². The van der Waals surface area contributed by atoms with Gasteiger partial charge in [0.2, 0.25) is 17.7 Å². The van der Waals surface area contributed by atoms with Crippen LogP contribution >= 0.6 is 0 Å². The number of fused-ring (bicyclic) bond motifs is 1. The maximum absolute atomic E-state index is 13.3. The second-order valence-electron chi connectivity index (χ2n) is 10.4. The van der Waals surface area contributed by atoms with Crippen LogP contribution in [0.4, 0.5) is 0 Å². The van der Waals surface area contributed by atoms with E-state index in [9.17, 15) is 19.2 Å². The molecule has 9 nitrogen and oxygen atoms in total. The third-order valence-electron chi connectivity index (χ3n) is 6.53. The molecule has 38 heavy (non-hydrogen) atoms. The summed E-state index contributed by atoms with van der Waals surface area (Å²) in [6.07, 6.45) is 0.633. The van der Waals surface area contributed by atoms with Gasteiger partial charge in [0, 0.05) is 13.0 Å². The van der Waals surface area contributed by atoms with Gasteiger partial charge in [-0.15, -0.1) is 0 Å². The summed E-state index contributed by atoms with van der Waals surface area (Å²) in [6, 6.07) is 15.2. The standard InChI is InChI=1S/C29H38N4O5/c1-19(2)23-18-38-24-13-9-8-12-21(24)26(35)31-22(14-15-25(34)33-29(3,4)28(37)32-23)27(36)30-17-16-20-10-6-5-7-11-20/h5-13,19,22-23H,14-18H2,1-4H3,(H,30,36)(H,31,35)(H,32,37)(H,33,34)/t22-,23-/m0/s1. The predicted molar refractivity (Wildman–Crippen MR) is 145 cm³/mol. The maximum Gasteiger partial charge on any atom is 0.255 e. The number of carbonyl (C=O) groups is 4. The average molecular weight is 523 g/mol. The molecule has 2 aromatic rings. The van der Waals surface area contributed by atoms with Crippen molar-refractivity contribution in [2.24, 2.45) is 5.92 Å². The molecule has 0 bridgehead atoms. The van der Waals surface area contributed by atoms with Gasteiger partial charge < -0.3 is 26.0 Å². The van der Waals surface area contributed by atoms with Crippen LogP contribution < -0.4 is 26.0 Å². The van der Waals surface area contributed by atoms with E-state index >= 15 is 0 Å². The first-order chi connectivity index (χ1) is 18.1. The number of benzene rings is 2. The first-order valence-corrected chi connectivity index (χ1v) is 13.0. The van der Waals surface area contributed by atoms with Gasteiger partial charge in [-0.25, -0.2) is 0 Å². The molecule has 0 saturated carbocycles. The summed E-state index contributed by atoms with van der Waals surface area (Å²) in [5, 5.41) is 11.4. The molecule has 2 aromatic carbocycles. The Bertz CT molecular complexity index is 1130. The van der Waals surface area contributed by atoms with E-state index in [0.717, 1.165) is 5.56 Å². The van der Waals surface area contributed by atoms with Gasteiger partial charge in [0.05, 0.1) is 11.6 Å². The fourth-order valence-electron chi connectivity index (χ4n) is 4.06. The summed E-state index contributed by atoms with van der Waals surface area (Å²) in [5.41, 5.74) is 0.159. The molecule has 9 heteroatoms. The van der Waals surface area contributed by atoms with Crippen molar-refractivity contribution < 1.29 is 23.9 Å². The summed E-state index contributed by atoms with van der Waals surface area (Å²) >= 11 is 0. The third-order valence-corrected chi connectivity index (χ3v) is 6.53. The minimum absolute atomic E-state index is 0.0334. The molecule has 1 aliphatic heterocycles. The lowest BCUT2D eigenvalue weighted by Gasteiger charge is -2.30. The smallest absolute Gasteiger partial charge is 0.255 e. The zero-order valence-electron chi connectivity index (χ0n) is 22.5. The normalized spacial score (nSPS) is 20.5. The molecule has 3 rings (SSSR count). The monoisotopic (exact) mass is 522 g/mol. The van der Waals surface area contributed by atoms with Crippen LogP contribution in [0.15, 0.2) is 54.6 Å². The Morgan fingerprint density at radius 3 is 2.42 bits per heavy atom. The summed E-state index contributed by atoms with van der Waals surface area (Å²) in [6.45, 7) is 7.66. The van der Waals surface area contributed by atoms with Gasteiger partial charge in [0.25, 0.3) is 5.91 Å². The molecular weight excluding hydrogens is 484 g/mol. The number of rotatable bonds is 5. The summed E-state index contributed by atoms with van der Waals surface area (Å²) in [7, 11) is 0. The molecule has 0 radical (unpaired) electrons. The zero-order valence-corrected chi connectivity index (χ0v) is 22.5. The van der Waals surface area contributed by atoms with Gasteiger partial charge >= 0.3 is 0 Å². The molecule has 2 atom stereocenters. The van der Waals surface area contributed by atoms with Crippen molar-refractivity contribution in [1.82, 2.24) is 21.3 Å². The Hall–Kier alpha value is -3.88. The van der Waals surface area contributed by atoms with Crippen LogP contribution in [0, 0.1) is 5.92 Å². The Balaban J connectivity index is 1.83. The van der Waals surface area contributed by atoms with E-state index in [0.29, 0.717) is 18.7 Å². The van der Waals surface area contributed by atoms with E-state index < -0.39 is 23.4 Å². The highest BCUT2D eigenvalue weighted by Crippen LogP contribution is 2.20. The number of ether oxygens (including phenoxy) is 1. The van der Waals surface area contributed by atoms with E-state index in [2.05, 4.69) is 21.3 Å². The summed E-state index contributed by atoms with van der Waals surface area (Å²) in [5.74, 6) is -1.23. The van der Waals surface area contributed by atoms with Crippen molar-refractivity contribution in [1.29, 1.82) is 0 Å². The van der Waals surface area contributed by atoms with Gasteiger partial charge in [-0.1, -0.05) is 56.3 Å². The molecule has 0 unspecified atom stereocenters. The van der Waals surface area contributed by atoms with Crippen molar-refractivity contribution in [3.63, 3.8) is 0 Å². The minimum Gasteiger partial charge on any atom is -0.491 e. The Morgan fingerprint density at radius 2 is 1.71 bits per heavy atom. The number of hydrogen-bond acceptors (Lipinski definition) is 5. The molecule has 4 N–H and O–H groups in total. The highest BCUT2D eigenvalue weighted by Gasteiger charge is 2.33. The molecule has 204 valence electrons. The summed E-state index contributed by atoms with van der Waals surface area (Å²) < 4.78 is 5.99. The lowest BCUT2D eigenvalue weighted by molar-refractivity contribution is -0.133. The molecule has 4 amide bonds. The SMILES string of the molecule is CC(C)[C@@H]1COc2ccccc2C(=O)N[C@H](C(=O)NCCc2ccccc2)CCC(=O)NC(C)(C)C(=O)N1. The fraction of sp³-hybridized carbons (Fsp3) is 0.448. The van der Waals surface area contributed by atoms with Crippen LogP contribution in [0.3, 0.4) is 0 Å². The van der Waals surface area contributed by atoms with E-state index in [1.54, 1.807) is 38.1 Å². The molecule has 0 fully saturated rings. The van der Waals surface area contributed by atoms with Gasteiger partial charge in [-0.2, -0.15) is 0 Å². The predicted octanol–water partition coefficient (Wildman–Crippen LogP) is 2.35. The van der Waals surface area contributed by atoms with Crippen LogP contribution in [0.5, 0.6) is 5.75 Å². The Kier molecular flexibility index (Phi) is 9.87. The molecule has 0 aliphatic carbocycles. The van der Waals surface area contributed by atoms with Crippen LogP contribution in [-0.4, -0.2) is 54.4 Å². The van der Waals surface area contributed by atoms with Crippen LogP contribution in [0.1, 0.15) is 56.5 Å². The van der Waals surface area contributed by atoms with Crippen molar-refractivity contribution in [2.45, 2.75) is 64.6 Å². The Morgan fingerprint density at radius 1 is 1.03 bits per heavy atom. The minimum atomic E-state index is -1.18. The second-order valence-corrected chi connectivity index (χ2v) is 10.4. The van der Waals surface area contributed by atoms with E-state index in [1.807, 2.05) is 44.2 Å². The van der Waals surface area contributed by atoms with E-state index in [-0.39, 0.29) is 48.8 Å². The molecular formula is C29H38N4O5. The number of nitrogens with one attached hydrogen (secondary N) is 4. The van der Waals surface area contributed by atoms with Crippen molar-refractivity contribution >= 4 is 23.6 Å². The quantitative estimate of drug-likeness (QED) is 0.480. The maximum atomic E-state index is 13.3. The summed E-state index contributed by atoms with van der Waals surface area (Å²) in [4.78, 5) is 52.2. The molecule has 1 heterocycles. The fourth-order valence-corrected chi connectivity index (χ4v) is 4.06. The largest absolute Gasteiger partial charge is 0.491 e. The molecule has 0 spiro atoms. The number of hydrogen-bond donors (Lipinski definition) is 4. The van der Waals surface area contributed by atoms with Crippen molar-refractivity contribution in [2.75, 3.05) is 13.2 Å². The molecule has 0 aromatic heterocycles. The topological polar surface area (TPSA) is 126 Å². The van der Waals surface area contributed by atoms with Gasteiger partial charge in [0.1, 0.15) is 23.9 Å². The Labute approximate surface area is 224 Å². The highest BCUT2D eigenvalue weighted by atomic mass is 16.5. The average Bonchev–Trinajstić information content (AvgIpc) is 2.88.